The Morgan fingerprint density at radius 3 is 2.73 bits per heavy atom. The van der Waals surface area contributed by atoms with Gasteiger partial charge in [-0.15, -0.1) is 0 Å². The average Bonchev–Trinajstić information content (AvgIpc) is 3.30. The van der Waals surface area contributed by atoms with E-state index in [0.717, 1.165) is 19.3 Å². The van der Waals surface area contributed by atoms with Crippen LogP contribution in [0.5, 0.6) is 0 Å². The molecule has 1 fully saturated rings. The molecule has 1 aliphatic rings. The van der Waals surface area contributed by atoms with Gasteiger partial charge in [-0.2, -0.15) is 5.26 Å². The van der Waals surface area contributed by atoms with Crippen LogP contribution in [0.15, 0.2) is 65.2 Å². The average molecular weight is 400 g/mol. The van der Waals surface area contributed by atoms with E-state index in [1.54, 1.807) is 47.4 Å². The quantitative estimate of drug-likeness (QED) is 0.709. The molecule has 4 rings (SSSR count). The van der Waals surface area contributed by atoms with Crippen molar-refractivity contribution in [3.63, 3.8) is 0 Å². The fourth-order valence-corrected chi connectivity index (χ4v) is 3.63. The van der Waals surface area contributed by atoms with E-state index >= 15 is 0 Å². The van der Waals surface area contributed by atoms with E-state index in [9.17, 15) is 9.59 Å². The SMILES string of the molecule is N#Cc1cccc(NC(=O)c2cc(C3CCCCN3C(=O)c3ccccc3)on2)c1. The summed E-state index contributed by atoms with van der Waals surface area (Å²) in [6.45, 7) is 0.627. The highest BCUT2D eigenvalue weighted by molar-refractivity contribution is 6.03. The molecule has 0 spiro atoms. The number of piperidine rings is 1. The first-order valence-electron chi connectivity index (χ1n) is 9.80. The monoisotopic (exact) mass is 400 g/mol. The number of hydrogen-bond donors (Lipinski definition) is 1. The lowest BCUT2D eigenvalue weighted by Gasteiger charge is -2.34. The molecule has 30 heavy (non-hydrogen) atoms. The van der Waals surface area contributed by atoms with Crippen molar-refractivity contribution in [3.05, 3.63) is 83.2 Å². The third kappa shape index (κ3) is 4.08. The summed E-state index contributed by atoms with van der Waals surface area (Å²) in [5, 5.41) is 15.6. The van der Waals surface area contributed by atoms with Gasteiger partial charge in [-0.05, 0) is 49.6 Å². The topological polar surface area (TPSA) is 99.2 Å². The molecule has 1 aliphatic heterocycles. The molecule has 7 nitrogen and oxygen atoms in total. The van der Waals surface area contributed by atoms with Gasteiger partial charge in [0.15, 0.2) is 11.5 Å². The molecule has 0 saturated carbocycles. The van der Waals surface area contributed by atoms with Crippen molar-refractivity contribution in [2.24, 2.45) is 0 Å². The van der Waals surface area contributed by atoms with Crippen molar-refractivity contribution < 1.29 is 14.1 Å². The molecule has 0 aliphatic carbocycles. The molecule has 1 saturated heterocycles. The number of likely N-dealkylation sites (tertiary alicyclic amines) is 1. The number of benzene rings is 2. The standard InChI is InChI=1S/C23H20N4O3/c24-15-16-7-6-10-18(13-16)25-22(28)19-14-21(30-26-19)20-11-4-5-12-27(20)23(29)17-8-2-1-3-9-17/h1-3,6-10,13-14,20H,4-5,11-12H2,(H,25,28). The first-order valence-corrected chi connectivity index (χ1v) is 9.80. The van der Waals surface area contributed by atoms with Gasteiger partial charge in [-0.25, -0.2) is 0 Å². The van der Waals surface area contributed by atoms with E-state index in [0.29, 0.717) is 29.1 Å². The fraction of sp³-hybridized carbons (Fsp3) is 0.217. The van der Waals surface area contributed by atoms with E-state index in [4.69, 9.17) is 9.78 Å². The Morgan fingerprint density at radius 2 is 1.93 bits per heavy atom. The number of nitrogens with one attached hydrogen (secondary N) is 1. The molecule has 1 unspecified atom stereocenters. The largest absolute Gasteiger partial charge is 0.358 e. The molecule has 7 heteroatoms. The highest BCUT2D eigenvalue weighted by Gasteiger charge is 2.32. The summed E-state index contributed by atoms with van der Waals surface area (Å²) in [5.41, 5.74) is 1.71. The van der Waals surface area contributed by atoms with Crippen molar-refractivity contribution in [2.75, 3.05) is 11.9 Å². The van der Waals surface area contributed by atoms with Gasteiger partial charge in [-0.3, -0.25) is 9.59 Å². The molecule has 0 bridgehead atoms. The van der Waals surface area contributed by atoms with Gasteiger partial charge < -0.3 is 14.7 Å². The summed E-state index contributed by atoms with van der Waals surface area (Å²) in [6.07, 6.45) is 2.64. The van der Waals surface area contributed by atoms with Gasteiger partial charge in [0.25, 0.3) is 11.8 Å². The molecular weight excluding hydrogens is 380 g/mol. The van der Waals surface area contributed by atoms with Crippen LogP contribution in [0.25, 0.3) is 0 Å². The van der Waals surface area contributed by atoms with Crippen LogP contribution >= 0.6 is 0 Å². The molecule has 2 aromatic carbocycles. The number of carbonyl (C=O) groups is 2. The third-order valence-corrected chi connectivity index (χ3v) is 5.12. The highest BCUT2D eigenvalue weighted by atomic mass is 16.5. The second-order valence-corrected chi connectivity index (χ2v) is 7.14. The predicted octanol–water partition coefficient (Wildman–Crippen LogP) is 4.17. The van der Waals surface area contributed by atoms with Crippen LogP contribution in [0.4, 0.5) is 5.69 Å². The van der Waals surface area contributed by atoms with Crippen molar-refractivity contribution in [3.8, 4) is 6.07 Å². The third-order valence-electron chi connectivity index (χ3n) is 5.12. The minimum Gasteiger partial charge on any atom is -0.358 e. The van der Waals surface area contributed by atoms with E-state index in [1.165, 1.54) is 0 Å². The number of rotatable bonds is 4. The first-order chi connectivity index (χ1) is 14.7. The van der Waals surface area contributed by atoms with Crippen LogP contribution in [0.1, 0.15) is 57.5 Å². The number of amides is 2. The lowest BCUT2D eigenvalue weighted by atomic mass is 9.98. The molecule has 1 atom stereocenters. The van der Waals surface area contributed by atoms with Gasteiger partial charge in [0, 0.05) is 23.9 Å². The van der Waals surface area contributed by atoms with Crippen molar-refractivity contribution in [1.29, 1.82) is 5.26 Å². The van der Waals surface area contributed by atoms with Gasteiger partial charge in [-0.1, -0.05) is 29.4 Å². The highest BCUT2D eigenvalue weighted by Crippen LogP contribution is 2.32. The summed E-state index contributed by atoms with van der Waals surface area (Å²) in [4.78, 5) is 27.3. The van der Waals surface area contributed by atoms with E-state index in [-0.39, 0.29) is 17.6 Å². The number of nitriles is 1. The Morgan fingerprint density at radius 1 is 1.10 bits per heavy atom. The zero-order valence-corrected chi connectivity index (χ0v) is 16.2. The van der Waals surface area contributed by atoms with Gasteiger partial charge in [0.1, 0.15) is 0 Å². The van der Waals surface area contributed by atoms with E-state index in [2.05, 4.69) is 10.5 Å². The summed E-state index contributed by atoms with van der Waals surface area (Å²) in [7, 11) is 0. The molecule has 2 heterocycles. The zero-order valence-electron chi connectivity index (χ0n) is 16.2. The van der Waals surface area contributed by atoms with Crippen molar-refractivity contribution in [2.45, 2.75) is 25.3 Å². The lowest BCUT2D eigenvalue weighted by molar-refractivity contribution is 0.0570. The maximum Gasteiger partial charge on any atom is 0.277 e. The maximum absolute atomic E-state index is 13.0. The van der Waals surface area contributed by atoms with Gasteiger partial charge >= 0.3 is 0 Å². The number of nitrogens with zero attached hydrogens (tertiary/aromatic N) is 3. The minimum absolute atomic E-state index is 0.0592. The van der Waals surface area contributed by atoms with Crippen LogP contribution in [0.3, 0.4) is 0 Å². The van der Waals surface area contributed by atoms with Crippen molar-refractivity contribution in [1.82, 2.24) is 10.1 Å². The molecule has 2 amide bonds. The Kier molecular flexibility index (Phi) is 5.57. The van der Waals surface area contributed by atoms with E-state index in [1.807, 2.05) is 24.3 Å². The first kappa shape index (κ1) is 19.4. The number of aromatic nitrogens is 1. The fourth-order valence-electron chi connectivity index (χ4n) is 3.63. The van der Waals surface area contributed by atoms with E-state index < -0.39 is 5.91 Å². The molecule has 3 aromatic rings. The van der Waals surface area contributed by atoms with Gasteiger partial charge in [0.05, 0.1) is 17.7 Å². The normalized spacial score (nSPS) is 16.0. The van der Waals surface area contributed by atoms with Crippen LogP contribution in [0, 0.1) is 11.3 Å². The van der Waals surface area contributed by atoms with Crippen LogP contribution < -0.4 is 5.32 Å². The number of carbonyl (C=O) groups excluding carboxylic acids is 2. The second-order valence-electron chi connectivity index (χ2n) is 7.14. The summed E-state index contributed by atoms with van der Waals surface area (Å²) < 4.78 is 5.47. The Labute approximate surface area is 173 Å². The Bertz CT molecular complexity index is 1100. The van der Waals surface area contributed by atoms with Crippen LogP contribution in [-0.2, 0) is 0 Å². The van der Waals surface area contributed by atoms with Crippen LogP contribution in [-0.4, -0.2) is 28.4 Å². The summed E-state index contributed by atoms with van der Waals surface area (Å²) >= 11 is 0. The molecule has 0 radical (unpaired) electrons. The van der Waals surface area contributed by atoms with Crippen molar-refractivity contribution >= 4 is 17.5 Å². The molecular formula is C23H20N4O3. The summed E-state index contributed by atoms with van der Waals surface area (Å²) in [5.74, 6) is 0.00256. The number of anilines is 1. The molecule has 1 aromatic heterocycles. The predicted molar refractivity (Wildman–Crippen MR) is 110 cm³/mol. The molecule has 1 N–H and O–H groups in total. The van der Waals surface area contributed by atoms with Gasteiger partial charge in [0.2, 0.25) is 0 Å². The zero-order chi connectivity index (χ0) is 20.9. The second kappa shape index (κ2) is 8.62. The van der Waals surface area contributed by atoms with Crippen LogP contribution in [0.2, 0.25) is 0 Å². The Hall–Kier alpha value is -3.92. The lowest BCUT2D eigenvalue weighted by Crippen LogP contribution is -2.38. The summed E-state index contributed by atoms with van der Waals surface area (Å²) in [6, 6.07) is 19.1. The smallest absolute Gasteiger partial charge is 0.277 e. The Balaban J connectivity index is 1.52. The number of hydrogen-bond acceptors (Lipinski definition) is 5. The minimum atomic E-state index is -0.433. The maximum atomic E-state index is 13.0. The molecule has 150 valence electrons.